The second-order valence-corrected chi connectivity index (χ2v) is 1.90. The molecule has 0 amide bonds. The molecule has 0 bridgehead atoms. The fourth-order valence-electron chi connectivity index (χ4n) is 0.852. The summed E-state index contributed by atoms with van der Waals surface area (Å²) < 4.78 is 5.22. The Balaban J connectivity index is 2.06. The van der Waals surface area contributed by atoms with Crippen molar-refractivity contribution >= 4 is 0 Å². The Labute approximate surface area is 49.4 Å². The fourth-order valence-corrected chi connectivity index (χ4v) is 0.852. The van der Waals surface area contributed by atoms with E-state index in [0.29, 0.717) is 0 Å². The van der Waals surface area contributed by atoms with Crippen LogP contribution in [0.15, 0.2) is 0 Å². The zero-order chi connectivity index (χ0) is 5.82. The number of hydrogen-bond donors (Lipinski definition) is 2. The summed E-state index contributed by atoms with van der Waals surface area (Å²) in [6, 6.07) is 0. The molecule has 3 heteroatoms. The summed E-state index contributed by atoms with van der Waals surface area (Å²) in [7, 11) is 1.85. The highest BCUT2D eigenvalue weighted by atomic mass is 16.5. The molecule has 1 fully saturated rings. The van der Waals surface area contributed by atoms with Crippen LogP contribution in [0.4, 0.5) is 0 Å². The van der Waals surface area contributed by atoms with Crippen LogP contribution in [0, 0.1) is 0 Å². The Morgan fingerprint density at radius 1 is 1.62 bits per heavy atom. The Morgan fingerprint density at radius 3 is 3.00 bits per heavy atom. The van der Waals surface area contributed by atoms with E-state index in [-0.39, 0.29) is 6.23 Å². The molecule has 1 heterocycles. The van der Waals surface area contributed by atoms with Gasteiger partial charge in [0.25, 0.3) is 0 Å². The number of nitrogens with one attached hydrogen (secondary N) is 2. The molecule has 1 aliphatic rings. The summed E-state index contributed by atoms with van der Waals surface area (Å²) in [6.45, 7) is 0.902. The van der Waals surface area contributed by atoms with Crippen molar-refractivity contribution < 1.29 is 4.74 Å². The molecule has 0 radical (unpaired) electrons. The highest BCUT2D eigenvalue weighted by Gasteiger charge is 2.12. The maximum absolute atomic E-state index is 5.22. The summed E-state index contributed by atoms with van der Waals surface area (Å²) in [5.41, 5.74) is 5.81. The largest absolute Gasteiger partial charge is 0.362 e. The van der Waals surface area contributed by atoms with Gasteiger partial charge in [-0.1, -0.05) is 0 Å². The molecule has 0 aliphatic carbocycles. The van der Waals surface area contributed by atoms with Crippen LogP contribution < -0.4 is 10.9 Å². The van der Waals surface area contributed by atoms with E-state index in [9.17, 15) is 0 Å². The van der Waals surface area contributed by atoms with Crippen molar-refractivity contribution in [2.24, 2.45) is 0 Å². The first-order chi connectivity index (χ1) is 3.93. The number of rotatable bonds is 2. The van der Waals surface area contributed by atoms with Crippen molar-refractivity contribution in [2.75, 3.05) is 13.7 Å². The average Bonchev–Trinajstić information content (AvgIpc) is 2.19. The van der Waals surface area contributed by atoms with E-state index in [1.165, 1.54) is 6.42 Å². The third-order valence-electron chi connectivity index (χ3n) is 1.24. The lowest BCUT2D eigenvalue weighted by Gasteiger charge is -2.08. The van der Waals surface area contributed by atoms with Gasteiger partial charge in [-0.15, -0.1) is 0 Å². The zero-order valence-corrected chi connectivity index (χ0v) is 5.11. The van der Waals surface area contributed by atoms with Gasteiger partial charge in [-0.05, 0) is 19.9 Å². The van der Waals surface area contributed by atoms with Crippen LogP contribution in [-0.2, 0) is 4.74 Å². The average molecular weight is 116 g/mol. The van der Waals surface area contributed by atoms with Crippen molar-refractivity contribution in [2.45, 2.75) is 19.1 Å². The lowest BCUT2D eigenvalue weighted by Crippen LogP contribution is -2.37. The number of hydrazine groups is 1. The maximum atomic E-state index is 5.22. The van der Waals surface area contributed by atoms with Gasteiger partial charge in [0.05, 0.1) is 0 Å². The van der Waals surface area contributed by atoms with Gasteiger partial charge >= 0.3 is 0 Å². The second-order valence-electron chi connectivity index (χ2n) is 1.90. The Kier molecular flexibility index (Phi) is 2.27. The smallest absolute Gasteiger partial charge is 0.120 e. The van der Waals surface area contributed by atoms with E-state index in [2.05, 4.69) is 10.9 Å². The molecular formula is C5H12N2O. The Hall–Kier alpha value is -0.120. The molecule has 3 nitrogen and oxygen atoms in total. The topological polar surface area (TPSA) is 33.3 Å². The minimum atomic E-state index is 0.250. The van der Waals surface area contributed by atoms with Crippen LogP contribution in [0.2, 0.25) is 0 Å². The molecule has 0 saturated carbocycles. The van der Waals surface area contributed by atoms with Gasteiger partial charge < -0.3 is 4.74 Å². The van der Waals surface area contributed by atoms with Crippen molar-refractivity contribution in [3.05, 3.63) is 0 Å². The van der Waals surface area contributed by atoms with Crippen molar-refractivity contribution in [3.63, 3.8) is 0 Å². The Bertz CT molecular complexity index is 61.4. The molecule has 0 aromatic heterocycles. The fraction of sp³-hybridized carbons (Fsp3) is 1.00. The first-order valence-electron chi connectivity index (χ1n) is 2.97. The predicted molar refractivity (Wildman–Crippen MR) is 31.2 cm³/mol. The first kappa shape index (κ1) is 6.01. The molecule has 48 valence electrons. The molecule has 1 atom stereocenters. The first-order valence-corrected chi connectivity index (χ1v) is 2.97. The summed E-state index contributed by atoms with van der Waals surface area (Å²) in [5, 5.41) is 0. The normalized spacial score (nSPS) is 28.9. The van der Waals surface area contributed by atoms with E-state index >= 15 is 0 Å². The van der Waals surface area contributed by atoms with E-state index in [0.717, 1.165) is 13.0 Å². The highest BCUT2D eigenvalue weighted by molar-refractivity contribution is 4.58. The lowest BCUT2D eigenvalue weighted by atomic mass is 10.3. The van der Waals surface area contributed by atoms with Gasteiger partial charge in [0.15, 0.2) is 0 Å². The SMILES string of the molecule is CNNC1CCCO1. The molecule has 1 saturated heterocycles. The van der Waals surface area contributed by atoms with Crippen molar-refractivity contribution in [1.29, 1.82) is 0 Å². The van der Waals surface area contributed by atoms with Crippen molar-refractivity contribution in [3.8, 4) is 0 Å². The quantitative estimate of drug-likeness (QED) is 0.492. The predicted octanol–water partition coefficient (Wildman–Crippen LogP) is -0.153. The van der Waals surface area contributed by atoms with Gasteiger partial charge in [0, 0.05) is 6.61 Å². The lowest BCUT2D eigenvalue weighted by molar-refractivity contribution is 0.0744. The van der Waals surface area contributed by atoms with Gasteiger partial charge in [0.1, 0.15) is 6.23 Å². The molecule has 1 aliphatic heterocycles. The van der Waals surface area contributed by atoms with Gasteiger partial charge in [-0.3, -0.25) is 5.43 Å². The van der Waals surface area contributed by atoms with Crippen LogP contribution in [0.3, 0.4) is 0 Å². The minimum Gasteiger partial charge on any atom is -0.362 e. The number of hydrogen-bond acceptors (Lipinski definition) is 3. The highest BCUT2D eigenvalue weighted by Crippen LogP contribution is 2.07. The van der Waals surface area contributed by atoms with E-state index in [1.807, 2.05) is 7.05 Å². The molecule has 0 spiro atoms. The third-order valence-corrected chi connectivity index (χ3v) is 1.24. The van der Waals surface area contributed by atoms with Crippen LogP contribution in [0.25, 0.3) is 0 Å². The summed E-state index contributed by atoms with van der Waals surface area (Å²) in [4.78, 5) is 0. The molecule has 8 heavy (non-hydrogen) atoms. The molecule has 0 aromatic rings. The summed E-state index contributed by atoms with van der Waals surface area (Å²) in [6.07, 6.45) is 2.56. The standard InChI is InChI=1S/C5H12N2O/c1-6-7-5-3-2-4-8-5/h5-7H,2-4H2,1H3. The molecule has 0 aromatic carbocycles. The monoisotopic (exact) mass is 116 g/mol. The van der Waals surface area contributed by atoms with E-state index < -0.39 is 0 Å². The maximum Gasteiger partial charge on any atom is 0.120 e. The molecular weight excluding hydrogens is 104 g/mol. The van der Waals surface area contributed by atoms with Crippen molar-refractivity contribution in [1.82, 2.24) is 10.9 Å². The molecule has 2 N–H and O–H groups in total. The van der Waals surface area contributed by atoms with Crippen LogP contribution in [0.5, 0.6) is 0 Å². The van der Waals surface area contributed by atoms with E-state index in [4.69, 9.17) is 4.74 Å². The zero-order valence-electron chi connectivity index (χ0n) is 5.11. The summed E-state index contributed by atoms with van der Waals surface area (Å²) >= 11 is 0. The van der Waals surface area contributed by atoms with E-state index in [1.54, 1.807) is 0 Å². The molecule has 1 unspecified atom stereocenters. The summed E-state index contributed by atoms with van der Waals surface area (Å²) in [5.74, 6) is 0. The van der Waals surface area contributed by atoms with Gasteiger partial charge in [0.2, 0.25) is 0 Å². The third kappa shape index (κ3) is 1.43. The van der Waals surface area contributed by atoms with Gasteiger partial charge in [-0.2, -0.15) is 0 Å². The van der Waals surface area contributed by atoms with Crippen LogP contribution >= 0.6 is 0 Å². The Morgan fingerprint density at radius 2 is 2.50 bits per heavy atom. The second kappa shape index (κ2) is 3.02. The number of ether oxygens (including phenoxy) is 1. The van der Waals surface area contributed by atoms with Crippen LogP contribution in [-0.4, -0.2) is 19.9 Å². The van der Waals surface area contributed by atoms with Gasteiger partial charge in [-0.25, -0.2) is 5.43 Å². The minimum absolute atomic E-state index is 0.250. The van der Waals surface area contributed by atoms with Crippen LogP contribution in [0.1, 0.15) is 12.8 Å². The molecule has 1 rings (SSSR count).